The van der Waals surface area contributed by atoms with Crippen molar-refractivity contribution in [2.75, 3.05) is 13.1 Å². The summed E-state index contributed by atoms with van der Waals surface area (Å²) in [7, 11) is 0. The molecule has 0 fully saturated rings. The molecule has 0 saturated carbocycles. The highest BCUT2D eigenvalue weighted by Gasteiger charge is 2.41. The predicted octanol–water partition coefficient (Wildman–Crippen LogP) is 6.06. The number of unbranched alkanes of at least 4 members (excludes halogenated alkanes) is 9. The van der Waals surface area contributed by atoms with E-state index in [0.29, 0.717) is 4.48 Å². The summed E-state index contributed by atoms with van der Waals surface area (Å²) in [5.74, 6) is 1.22. The summed E-state index contributed by atoms with van der Waals surface area (Å²) in [5, 5.41) is 10.6. The minimum absolute atomic E-state index is 0.394. The van der Waals surface area contributed by atoms with Gasteiger partial charge in [0.1, 0.15) is 13.1 Å². The van der Waals surface area contributed by atoms with Crippen LogP contribution in [0.15, 0.2) is 35.3 Å². The molecule has 0 amide bonds. The van der Waals surface area contributed by atoms with Gasteiger partial charge in [-0.05, 0) is 6.42 Å². The molecular weight excluding hydrogens is 332 g/mol. The third-order valence-electron chi connectivity index (χ3n) is 6.08. The third-order valence-corrected chi connectivity index (χ3v) is 6.08. The van der Waals surface area contributed by atoms with Gasteiger partial charge < -0.3 is 5.11 Å². The zero-order valence-electron chi connectivity index (χ0n) is 17.7. The Labute approximate surface area is 167 Å². The third kappa shape index (κ3) is 7.04. The molecule has 1 aromatic carbocycles. The first-order valence-electron chi connectivity index (χ1n) is 11.3. The van der Waals surface area contributed by atoms with E-state index in [4.69, 9.17) is 4.99 Å². The monoisotopic (exact) mass is 373 g/mol. The molecule has 152 valence electrons. The van der Waals surface area contributed by atoms with Crippen LogP contribution in [0.5, 0.6) is 0 Å². The number of amidine groups is 1. The molecule has 1 aliphatic heterocycles. The molecular formula is C24H41N2O+. The van der Waals surface area contributed by atoms with Gasteiger partial charge in [-0.15, -0.1) is 0 Å². The fourth-order valence-corrected chi connectivity index (χ4v) is 4.31. The van der Waals surface area contributed by atoms with Crippen molar-refractivity contribution in [1.29, 1.82) is 0 Å². The van der Waals surface area contributed by atoms with Crippen LogP contribution in [0.4, 0.5) is 0 Å². The van der Waals surface area contributed by atoms with E-state index in [1.54, 1.807) is 0 Å². The first kappa shape index (κ1) is 22.1. The maximum atomic E-state index is 10.6. The van der Waals surface area contributed by atoms with Crippen LogP contribution >= 0.6 is 0 Å². The fraction of sp³-hybridized carbons (Fsp3) is 0.708. The minimum atomic E-state index is -0.394. The molecule has 1 N–H and O–H groups in total. The lowest BCUT2D eigenvalue weighted by molar-refractivity contribution is -0.896. The lowest BCUT2D eigenvalue weighted by Gasteiger charge is -2.37. The van der Waals surface area contributed by atoms with E-state index in [1.807, 2.05) is 6.92 Å². The van der Waals surface area contributed by atoms with E-state index in [9.17, 15) is 5.11 Å². The van der Waals surface area contributed by atoms with Gasteiger partial charge in [-0.25, -0.2) is 9.48 Å². The molecule has 1 heterocycles. The van der Waals surface area contributed by atoms with Crippen molar-refractivity contribution in [2.45, 2.75) is 97.2 Å². The van der Waals surface area contributed by atoms with E-state index in [2.05, 4.69) is 37.3 Å². The molecule has 0 bridgehead atoms. The molecule has 0 aromatic heterocycles. The Kier molecular flexibility index (Phi) is 10.1. The molecule has 0 aliphatic carbocycles. The number of quaternary nitrogens is 1. The maximum Gasteiger partial charge on any atom is 0.200 e. The zero-order valence-corrected chi connectivity index (χ0v) is 17.7. The van der Waals surface area contributed by atoms with Gasteiger partial charge in [0.15, 0.2) is 6.23 Å². The summed E-state index contributed by atoms with van der Waals surface area (Å²) < 4.78 is 0.640. The standard InChI is InChI=1S/C24H41N2O/c1-3-4-5-6-7-8-9-10-11-15-18-24-25-19-20-26(24,22(2)27)21-23-16-13-12-14-17-23/h12-14,16-17,22,27H,3-11,15,18-21H2,1-2H3/q+1. The Balaban J connectivity index is 1.71. The fourth-order valence-electron chi connectivity index (χ4n) is 4.31. The Morgan fingerprint density at radius 1 is 0.926 bits per heavy atom. The first-order chi connectivity index (χ1) is 13.2. The molecule has 1 aliphatic rings. The number of hydrogen-bond acceptors (Lipinski definition) is 2. The van der Waals surface area contributed by atoms with Crippen molar-refractivity contribution >= 4 is 5.84 Å². The molecule has 0 saturated heterocycles. The van der Waals surface area contributed by atoms with Crippen LogP contribution in [0.2, 0.25) is 0 Å². The summed E-state index contributed by atoms with van der Waals surface area (Å²) in [6.45, 7) is 6.85. The Morgan fingerprint density at radius 3 is 2.11 bits per heavy atom. The molecule has 1 aromatic rings. The number of hydrogen-bond donors (Lipinski definition) is 1. The predicted molar refractivity (Wildman–Crippen MR) is 116 cm³/mol. The summed E-state index contributed by atoms with van der Waals surface area (Å²) in [4.78, 5) is 4.81. The number of nitrogens with zero attached hydrogens (tertiary/aromatic N) is 2. The molecule has 0 spiro atoms. The Morgan fingerprint density at radius 2 is 1.52 bits per heavy atom. The van der Waals surface area contributed by atoms with Crippen molar-refractivity contribution in [1.82, 2.24) is 0 Å². The van der Waals surface area contributed by atoms with E-state index in [1.165, 1.54) is 75.6 Å². The molecule has 27 heavy (non-hydrogen) atoms. The second-order valence-corrected chi connectivity index (χ2v) is 8.26. The van der Waals surface area contributed by atoms with Gasteiger partial charge in [0, 0.05) is 18.9 Å². The van der Waals surface area contributed by atoms with Crippen molar-refractivity contribution < 1.29 is 9.59 Å². The average Bonchev–Trinajstić information content (AvgIpc) is 3.08. The van der Waals surface area contributed by atoms with Crippen LogP contribution < -0.4 is 0 Å². The van der Waals surface area contributed by atoms with E-state index in [0.717, 1.165) is 26.1 Å². The summed E-state index contributed by atoms with van der Waals surface area (Å²) >= 11 is 0. The lowest BCUT2D eigenvalue weighted by atomic mass is 10.0. The van der Waals surface area contributed by atoms with E-state index in [-0.39, 0.29) is 0 Å². The van der Waals surface area contributed by atoms with Crippen LogP contribution in [-0.4, -0.2) is 34.7 Å². The van der Waals surface area contributed by atoms with E-state index >= 15 is 0 Å². The van der Waals surface area contributed by atoms with Crippen LogP contribution in [0.25, 0.3) is 0 Å². The van der Waals surface area contributed by atoms with Gasteiger partial charge in [-0.3, -0.25) is 0 Å². The largest absolute Gasteiger partial charge is 0.345 e. The number of rotatable bonds is 14. The lowest BCUT2D eigenvalue weighted by Crippen LogP contribution is -2.56. The summed E-state index contributed by atoms with van der Waals surface area (Å²) in [6.07, 6.45) is 14.2. The van der Waals surface area contributed by atoms with Crippen molar-refractivity contribution in [3.8, 4) is 0 Å². The van der Waals surface area contributed by atoms with E-state index < -0.39 is 6.23 Å². The normalized spacial score (nSPS) is 20.6. The minimum Gasteiger partial charge on any atom is -0.345 e. The quantitative estimate of drug-likeness (QED) is 0.312. The van der Waals surface area contributed by atoms with Crippen molar-refractivity contribution in [3.05, 3.63) is 35.9 Å². The first-order valence-corrected chi connectivity index (χ1v) is 11.3. The molecule has 3 heteroatoms. The highest BCUT2D eigenvalue weighted by molar-refractivity contribution is 5.77. The number of aliphatic imine (C=N–C) groups is 1. The highest BCUT2D eigenvalue weighted by Crippen LogP contribution is 2.26. The van der Waals surface area contributed by atoms with Crippen LogP contribution in [0, 0.1) is 0 Å². The molecule has 0 radical (unpaired) electrons. The zero-order chi connectivity index (χ0) is 19.4. The highest BCUT2D eigenvalue weighted by atomic mass is 16.3. The molecule has 2 rings (SSSR count). The average molecular weight is 374 g/mol. The Bertz CT molecular complexity index is 541. The summed E-state index contributed by atoms with van der Waals surface area (Å²) in [6, 6.07) is 10.6. The van der Waals surface area contributed by atoms with Crippen molar-refractivity contribution in [2.24, 2.45) is 4.99 Å². The van der Waals surface area contributed by atoms with Gasteiger partial charge in [-0.2, -0.15) is 0 Å². The second kappa shape index (κ2) is 12.3. The topological polar surface area (TPSA) is 32.6 Å². The van der Waals surface area contributed by atoms with Crippen LogP contribution in [0.3, 0.4) is 0 Å². The van der Waals surface area contributed by atoms with Crippen LogP contribution in [-0.2, 0) is 6.54 Å². The smallest absolute Gasteiger partial charge is 0.200 e. The number of aliphatic hydroxyl groups excluding tert-OH is 1. The molecule has 2 atom stereocenters. The number of aliphatic hydroxyl groups is 1. The number of benzene rings is 1. The molecule has 2 unspecified atom stereocenters. The van der Waals surface area contributed by atoms with Crippen molar-refractivity contribution in [3.63, 3.8) is 0 Å². The molecule has 3 nitrogen and oxygen atoms in total. The van der Waals surface area contributed by atoms with Gasteiger partial charge >= 0.3 is 0 Å². The van der Waals surface area contributed by atoms with Gasteiger partial charge in [0.05, 0.1) is 6.54 Å². The van der Waals surface area contributed by atoms with Crippen LogP contribution in [0.1, 0.15) is 90.0 Å². The summed E-state index contributed by atoms with van der Waals surface area (Å²) in [5.41, 5.74) is 1.29. The van der Waals surface area contributed by atoms with Gasteiger partial charge in [0.2, 0.25) is 5.84 Å². The van der Waals surface area contributed by atoms with Gasteiger partial charge in [-0.1, -0.05) is 95.0 Å². The maximum absolute atomic E-state index is 10.6. The SMILES string of the molecule is CCCCCCCCCCCCC1=NCC[N+]1(Cc1ccccc1)C(C)O. The second-order valence-electron chi connectivity index (χ2n) is 8.26. The Hall–Kier alpha value is -1.19. The van der Waals surface area contributed by atoms with Gasteiger partial charge in [0.25, 0.3) is 0 Å².